The highest BCUT2D eigenvalue weighted by Gasteiger charge is 2.13. The van der Waals surface area contributed by atoms with Gasteiger partial charge in [-0.25, -0.2) is 0 Å². The van der Waals surface area contributed by atoms with E-state index in [1.165, 1.54) is 32.1 Å². The second-order valence-electron chi connectivity index (χ2n) is 5.95. The van der Waals surface area contributed by atoms with Crippen LogP contribution in [0.15, 0.2) is 34.7 Å². The van der Waals surface area contributed by atoms with Gasteiger partial charge in [-0.1, -0.05) is 43.0 Å². The number of benzene rings is 1. The number of hydrogen-bond donors (Lipinski definition) is 1. The number of hydrogen-bond acceptors (Lipinski definition) is 2. The second kappa shape index (κ2) is 6.67. The molecule has 0 aliphatic heterocycles. The Bertz CT molecular complexity index is 599. The van der Waals surface area contributed by atoms with Gasteiger partial charge in [0.25, 0.3) is 0 Å². The summed E-state index contributed by atoms with van der Waals surface area (Å²) in [6.45, 7) is 2.82. The number of furan rings is 1. The van der Waals surface area contributed by atoms with Crippen LogP contribution < -0.4 is 5.32 Å². The zero-order valence-corrected chi connectivity index (χ0v) is 13.2. The van der Waals surface area contributed by atoms with Crippen LogP contribution in [0.1, 0.15) is 43.4 Å². The number of nitrogens with one attached hydrogen (secondary N) is 1. The van der Waals surface area contributed by atoms with E-state index in [9.17, 15) is 0 Å². The predicted molar refractivity (Wildman–Crippen MR) is 87.6 cm³/mol. The fourth-order valence-electron chi connectivity index (χ4n) is 2.93. The topological polar surface area (TPSA) is 25.2 Å². The van der Waals surface area contributed by atoms with Crippen LogP contribution in [0.2, 0.25) is 5.02 Å². The monoisotopic (exact) mass is 303 g/mol. The van der Waals surface area contributed by atoms with E-state index in [1.807, 2.05) is 25.1 Å². The van der Waals surface area contributed by atoms with Gasteiger partial charge in [-0.2, -0.15) is 0 Å². The van der Waals surface area contributed by atoms with Crippen LogP contribution >= 0.6 is 11.6 Å². The maximum Gasteiger partial charge on any atom is 0.134 e. The zero-order valence-electron chi connectivity index (χ0n) is 12.5. The molecule has 1 N–H and O–H groups in total. The summed E-state index contributed by atoms with van der Waals surface area (Å²) >= 11 is 6.18. The summed E-state index contributed by atoms with van der Waals surface area (Å²) in [6.07, 6.45) is 6.67. The van der Waals surface area contributed by atoms with Crippen molar-refractivity contribution < 1.29 is 4.42 Å². The number of aryl methyl sites for hydroxylation is 1. The third-order valence-electron chi connectivity index (χ3n) is 4.29. The SMILES string of the molecule is Cc1ccc(-c2ccc(CNC3CCCCC3)o2)cc1Cl. The van der Waals surface area contributed by atoms with Crippen LogP contribution in [0, 0.1) is 6.92 Å². The molecule has 1 heterocycles. The largest absolute Gasteiger partial charge is 0.460 e. The standard InChI is InChI=1S/C18H22ClNO/c1-13-7-8-14(11-17(13)19)18-10-9-16(21-18)12-20-15-5-3-2-4-6-15/h7-11,15,20H,2-6,12H2,1H3. The van der Waals surface area contributed by atoms with Gasteiger partial charge < -0.3 is 9.73 Å². The normalized spacial score (nSPS) is 16.3. The average molecular weight is 304 g/mol. The van der Waals surface area contributed by atoms with Crippen LogP contribution in [0.5, 0.6) is 0 Å². The molecular weight excluding hydrogens is 282 g/mol. The minimum absolute atomic E-state index is 0.654. The molecule has 0 bridgehead atoms. The Kier molecular flexibility index (Phi) is 4.67. The van der Waals surface area contributed by atoms with Gasteiger partial charge in [0.15, 0.2) is 0 Å². The van der Waals surface area contributed by atoms with Gasteiger partial charge in [-0.3, -0.25) is 0 Å². The summed E-state index contributed by atoms with van der Waals surface area (Å²) < 4.78 is 5.93. The molecule has 1 aromatic carbocycles. The maximum absolute atomic E-state index is 6.18. The van der Waals surface area contributed by atoms with Gasteiger partial charge in [0.2, 0.25) is 0 Å². The fourth-order valence-corrected chi connectivity index (χ4v) is 3.11. The first kappa shape index (κ1) is 14.7. The minimum atomic E-state index is 0.654. The van der Waals surface area contributed by atoms with Crippen molar-refractivity contribution in [2.75, 3.05) is 0 Å². The van der Waals surface area contributed by atoms with Crippen molar-refractivity contribution in [2.45, 2.75) is 51.6 Å². The smallest absolute Gasteiger partial charge is 0.134 e. The lowest BCUT2D eigenvalue weighted by molar-refractivity contribution is 0.358. The van der Waals surface area contributed by atoms with Crippen LogP contribution in [0.4, 0.5) is 0 Å². The van der Waals surface area contributed by atoms with Gasteiger partial charge in [-0.05, 0) is 43.5 Å². The molecule has 3 rings (SSSR count). The van der Waals surface area contributed by atoms with E-state index in [4.69, 9.17) is 16.0 Å². The summed E-state index contributed by atoms with van der Waals surface area (Å²) in [5.74, 6) is 1.88. The van der Waals surface area contributed by atoms with E-state index >= 15 is 0 Å². The van der Waals surface area contributed by atoms with Crippen molar-refractivity contribution in [1.29, 1.82) is 0 Å². The quantitative estimate of drug-likeness (QED) is 0.825. The molecule has 1 saturated carbocycles. The Labute approximate surface area is 131 Å². The Morgan fingerprint density at radius 2 is 1.95 bits per heavy atom. The lowest BCUT2D eigenvalue weighted by Gasteiger charge is -2.22. The summed E-state index contributed by atoms with van der Waals surface area (Å²) in [5, 5.41) is 4.39. The molecule has 2 aromatic rings. The molecule has 0 atom stereocenters. The van der Waals surface area contributed by atoms with E-state index < -0.39 is 0 Å². The van der Waals surface area contributed by atoms with E-state index in [-0.39, 0.29) is 0 Å². The van der Waals surface area contributed by atoms with E-state index in [0.29, 0.717) is 6.04 Å². The molecule has 21 heavy (non-hydrogen) atoms. The van der Waals surface area contributed by atoms with Gasteiger partial charge in [-0.15, -0.1) is 0 Å². The molecule has 1 aliphatic rings. The summed E-state index contributed by atoms with van der Waals surface area (Å²) in [6, 6.07) is 10.8. The van der Waals surface area contributed by atoms with Gasteiger partial charge in [0.1, 0.15) is 11.5 Å². The number of rotatable bonds is 4. The lowest BCUT2D eigenvalue weighted by Crippen LogP contribution is -2.30. The molecule has 0 saturated heterocycles. The van der Waals surface area contributed by atoms with Crippen molar-refractivity contribution in [2.24, 2.45) is 0 Å². The van der Waals surface area contributed by atoms with Crippen molar-refractivity contribution >= 4 is 11.6 Å². The third kappa shape index (κ3) is 3.69. The second-order valence-corrected chi connectivity index (χ2v) is 6.35. The third-order valence-corrected chi connectivity index (χ3v) is 4.70. The van der Waals surface area contributed by atoms with Crippen LogP contribution in [-0.4, -0.2) is 6.04 Å². The molecule has 0 spiro atoms. The Balaban J connectivity index is 1.63. The Morgan fingerprint density at radius 3 is 2.71 bits per heavy atom. The summed E-state index contributed by atoms with van der Waals surface area (Å²) in [4.78, 5) is 0. The summed E-state index contributed by atoms with van der Waals surface area (Å²) in [7, 11) is 0. The molecular formula is C18H22ClNO. The molecule has 3 heteroatoms. The van der Waals surface area contributed by atoms with E-state index in [1.54, 1.807) is 0 Å². The molecule has 0 radical (unpaired) electrons. The fraction of sp³-hybridized carbons (Fsp3) is 0.444. The molecule has 1 aromatic heterocycles. The first-order chi connectivity index (χ1) is 10.2. The minimum Gasteiger partial charge on any atom is -0.460 e. The average Bonchev–Trinajstić information content (AvgIpc) is 2.98. The van der Waals surface area contributed by atoms with E-state index in [2.05, 4.69) is 17.4 Å². The van der Waals surface area contributed by atoms with Crippen LogP contribution in [-0.2, 0) is 6.54 Å². The van der Waals surface area contributed by atoms with Gasteiger partial charge in [0, 0.05) is 16.6 Å². The molecule has 0 amide bonds. The zero-order chi connectivity index (χ0) is 14.7. The van der Waals surface area contributed by atoms with Gasteiger partial charge >= 0.3 is 0 Å². The molecule has 0 unspecified atom stereocenters. The Morgan fingerprint density at radius 1 is 1.14 bits per heavy atom. The molecule has 1 aliphatic carbocycles. The highest BCUT2D eigenvalue weighted by atomic mass is 35.5. The molecule has 2 nitrogen and oxygen atoms in total. The maximum atomic E-state index is 6.18. The van der Waals surface area contributed by atoms with Crippen molar-refractivity contribution in [3.05, 3.63) is 46.7 Å². The van der Waals surface area contributed by atoms with E-state index in [0.717, 1.165) is 34.2 Å². The van der Waals surface area contributed by atoms with Crippen molar-refractivity contribution in [3.63, 3.8) is 0 Å². The highest BCUT2D eigenvalue weighted by Crippen LogP contribution is 2.27. The first-order valence-electron chi connectivity index (χ1n) is 7.81. The van der Waals surface area contributed by atoms with Gasteiger partial charge in [0.05, 0.1) is 6.54 Å². The number of halogens is 1. The van der Waals surface area contributed by atoms with Crippen molar-refractivity contribution in [1.82, 2.24) is 5.32 Å². The first-order valence-corrected chi connectivity index (χ1v) is 8.19. The predicted octanol–water partition coefficient (Wildman–Crippen LogP) is 5.33. The highest BCUT2D eigenvalue weighted by molar-refractivity contribution is 6.31. The Hall–Kier alpha value is -1.25. The molecule has 1 fully saturated rings. The lowest BCUT2D eigenvalue weighted by atomic mass is 9.95. The van der Waals surface area contributed by atoms with Crippen LogP contribution in [0.25, 0.3) is 11.3 Å². The summed E-state index contributed by atoms with van der Waals surface area (Å²) in [5.41, 5.74) is 2.13. The van der Waals surface area contributed by atoms with Crippen molar-refractivity contribution in [3.8, 4) is 11.3 Å². The molecule has 112 valence electrons. The van der Waals surface area contributed by atoms with Crippen LogP contribution in [0.3, 0.4) is 0 Å².